The number of rotatable bonds is 2. The van der Waals surface area contributed by atoms with E-state index in [-0.39, 0.29) is 16.3 Å². The predicted octanol–water partition coefficient (Wildman–Crippen LogP) is 1.85. The summed E-state index contributed by atoms with van der Waals surface area (Å²) in [5, 5.41) is 20.6. The third-order valence-electron chi connectivity index (χ3n) is 3.14. The maximum absolute atomic E-state index is 12.2. The second kappa shape index (κ2) is 5.54. The third kappa shape index (κ3) is 3.02. The lowest BCUT2D eigenvalue weighted by molar-refractivity contribution is -0.385. The molecule has 0 spiro atoms. The molecule has 0 aliphatic carbocycles. The van der Waals surface area contributed by atoms with Gasteiger partial charge in [-0.25, -0.2) is 0 Å². The average Bonchev–Trinajstić information content (AvgIpc) is 2.38. The molecule has 7 heteroatoms. The van der Waals surface area contributed by atoms with Gasteiger partial charge in [-0.1, -0.05) is 11.6 Å². The van der Waals surface area contributed by atoms with Crippen molar-refractivity contribution in [2.75, 3.05) is 13.1 Å². The van der Waals surface area contributed by atoms with Gasteiger partial charge in [0.15, 0.2) is 0 Å². The molecule has 0 radical (unpaired) electrons. The molecule has 0 bridgehead atoms. The summed E-state index contributed by atoms with van der Waals surface area (Å²) in [4.78, 5) is 24.1. The fourth-order valence-corrected chi connectivity index (χ4v) is 2.24. The van der Waals surface area contributed by atoms with Gasteiger partial charge in [-0.15, -0.1) is 0 Å². The van der Waals surface area contributed by atoms with Crippen LogP contribution in [0.25, 0.3) is 0 Å². The number of hydrogen-bond donors (Lipinski definition) is 1. The highest BCUT2D eigenvalue weighted by Gasteiger charge is 2.27. The third-order valence-corrected chi connectivity index (χ3v) is 3.37. The standard InChI is InChI=1S/C12H13ClN2O4/c13-8-1-2-10(11(7-8)15(18)19)12(17)14-5-3-9(16)4-6-14/h1-2,7,9,16H,3-6H2. The van der Waals surface area contributed by atoms with Gasteiger partial charge < -0.3 is 10.0 Å². The van der Waals surface area contributed by atoms with Crippen molar-refractivity contribution in [3.63, 3.8) is 0 Å². The fourth-order valence-electron chi connectivity index (χ4n) is 2.08. The zero-order chi connectivity index (χ0) is 14.0. The van der Waals surface area contributed by atoms with Gasteiger partial charge in [-0.2, -0.15) is 0 Å². The Bertz CT molecular complexity index is 512. The molecule has 6 nitrogen and oxygen atoms in total. The number of aliphatic hydroxyl groups excluding tert-OH is 1. The number of amides is 1. The van der Waals surface area contributed by atoms with Gasteiger partial charge in [0.25, 0.3) is 11.6 Å². The molecule has 1 heterocycles. The summed E-state index contributed by atoms with van der Waals surface area (Å²) in [6, 6.07) is 4.00. The van der Waals surface area contributed by atoms with E-state index in [9.17, 15) is 20.0 Å². The Balaban J connectivity index is 2.26. The molecule has 2 rings (SSSR count). The molecule has 1 aliphatic rings. The minimum absolute atomic E-state index is 0.0331. The van der Waals surface area contributed by atoms with Gasteiger partial charge in [-0.3, -0.25) is 14.9 Å². The van der Waals surface area contributed by atoms with Crippen molar-refractivity contribution in [3.05, 3.63) is 38.9 Å². The highest BCUT2D eigenvalue weighted by Crippen LogP contribution is 2.25. The fraction of sp³-hybridized carbons (Fsp3) is 0.417. The Morgan fingerprint density at radius 1 is 1.42 bits per heavy atom. The summed E-state index contributed by atoms with van der Waals surface area (Å²) in [6.07, 6.45) is 0.588. The molecule has 1 saturated heterocycles. The van der Waals surface area contributed by atoms with Gasteiger partial charge in [0.2, 0.25) is 0 Å². The number of nitro benzene ring substituents is 1. The quantitative estimate of drug-likeness (QED) is 0.663. The second-order valence-corrected chi connectivity index (χ2v) is 4.88. The molecular formula is C12H13ClN2O4. The van der Waals surface area contributed by atoms with Gasteiger partial charge in [0.05, 0.1) is 11.0 Å². The number of nitrogens with zero attached hydrogens (tertiary/aromatic N) is 2. The Morgan fingerprint density at radius 3 is 2.63 bits per heavy atom. The largest absolute Gasteiger partial charge is 0.393 e. The van der Waals surface area contributed by atoms with Gasteiger partial charge in [0.1, 0.15) is 5.56 Å². The number of carbonyl (C=O) groups excluding carboxylic acids is 1. The maximum atomic E-state index is 12.2. The van der Waals surface area contributed by atoms with Crippen LogP contribution in [0, 0.1) is 10.1 Å². The topological polar surface area (TPSA) is 83.7 Å². The Hall–Kier alpha value is -1.66. The summed E-state index contributed by atoms with van der Waals surface area (Å²) in [5.41, 5.74) is -0.255. The summed E-state index contributed by atoms with van der Waals surface area (Å²) < 4.78 is 0. The van der Waals surface area contributed by atoms with Crippen LogP contribution in [0.1, 0.15) is 23.2 Å². The Morgan fingerprint density at radius 2 is 2.05 bits per heavy atom. The van der Waals surface area contributed by atoms with Crippen molar-refractivity contribution >= 4 is 23.2 Å². The molecule has 1 amide bonds. The lowest BCUT2D eigenvalue weighted by atomic mass is 10.1. The van der Waals surface area contributed by atoms with Gasteiger partial charge in [-0.05, 0) is 25.0 Å². The number of halogens is 1. The highest BCUT2D eigenvalue weighted by atomic mass is 35.5. The minimum Gasteiger partial charge on any atom is -0.393 e. The van der Waals surface area contributed by atoms with Crippen molar-refractivity contribution in [1.29, 1.82) is 0 Å². The van der Waals surface area contributed by atoms with Crippen molar-refractivity contribution in [3.8, 4) is 0 Å². The van der Waals surface area contributed by atoms with Crippen molar-refractivity contribution in [1.82, 2.24) is 4.90 Å². The molecule has 1 N–H and O–H groups in total. The molecule has 0 aromatic heterocycles. The van der Waals surface area contributed by atoms with E-state index < -0.39 is 16.9 Å². The van der Waals surface area contributed by atoms with Crippen LogP contribution >= 0.6 is 11.6 Å². The molecule has 19 heavy (non-hydrogen) atoms. The van der Waals surface area contributed by atoms with E-state index in [1.165, 1.54) is 23.1 Å². The monoisotopic (exact) mass is 284 g/mol. The van der Waals surface area contributed by atoms with Crippen molar-refractivity contribution in [2.24, 2.45) is 0 Å². The lowest BCUT2D eigenvalue weighted by Crippen LogP contribution is -2.40. The predicted molar refractivity (Wildman–Crippen MR) is 69.3 cm³/mol. The van der Waals surface area contributed by atoms with E-state index in [0.717, 1.165) is 0 Å². The Labute approximate surface area is 114 Å². The van der Waals surface area contributed by atoms with Crippen molar-refractivity contribution < 1.29 is 14.8 Å². The molecular weight excluding hydrogens is 272 g/mol. The second-order valence-electron chi connectivity index (χ2n) is 4.44. The Kier molecular flexibility index (Phi) is 4.01. The number of likely N-dealkylation sites (tertiary alicyclic amines) is 1. The average molecular weight is 285 g/mol. The van der Waals surface area contributed by atoms with E-state index >= 15 is 0 Å². The first-order chi connectivity index (χ1) is 8.99. The van der Waals surface area contributed by atoms with Crippen LogP contribution in [0.4, 0.5) is 5.69 Å². The minimum atomic E-state index is -0.613. The number of carbonyl (C=O) groups is 1. The van der Waals surface area contributed by atoms with Crippen LogP contribution < -0.4 is 0 Å². The number of piperidine rings is 1. The molecule has 0 saturated carbocycles. The zero-order valence-corrected chi connectivity index (χ0v) is 10.8. The maximum Gasteiger partial charge on any atom is 0.283 e. The SMILES string of the molecule is O=C(c1ccc(Cl)cc1[N+](=O)[O-])N1CCC(O)CC1. The first-order valence-electron chi connectivity index (χ1n) is 5.90. The molecule has 1 aromatic rings. The summed E-state index contributed by atoms with van der Waals surface area (Å²) in [5.74, 6) is -0.393. The van der Waals surface area contributed by atoms with E-state index in [4.69, 9.17) is 11.6 Å². The summed E-state index contributed by atoms with van der Waals surface area (Å²) >= 11 is 5.71. The summed E-state index contributed by atoms with van der Waals surface area (Å²) in [7, 11) is 0. The molecule has 102 valence electrons. The van der Waals surface area contributed by atoms with Crippen LogP contribution in [0.3, 0.4) is 0 Å². The van der Waals surface area contributed by atoms with E-state index in [1.807, 2.05) is 0 Å². The van der Waals surface area contributed by atoms with Crippen LogP contribution in [0.15, 0.2) is 18.2 Å². The number of hydrogen-bond acceptors (Lipinski definition) is 4. The smallest absolute Gasteiger partial charge is 0.283 e. The summed E-state index contributed by atoms with van der Waals surface area (Å²) in [6.45, 7) is 0.805. The van der Waals surface area contributed by atoms with E-state index in [1.54, 1.807) is 0 Å². The molecule has 1 aliphatic heterocycles. The lowest BCUT2D eigenvalue weighted by Gasteiger charge is -2.29. The van der Waals surface area contributed by atoms with Crippen LogP contribution in [0.2, 0.25) is 5.02 Å². The highest BCUT2D eigenvalue weighted by molar-refractivity contribution is 6.31. The first-order valence-corrected chi connectivity index (χ1v) is 6.28. The van der Waals surface area contributed by atoms with Crippen molar-refractivity contribution in [2.45, 2.75) is 18.9 Å². The molecule has 0 atom stereocenters. The zero-order valence-electron chi connectivity index (χ0n) is 10.1. The molecule has 1 aromatic carbocycles. The number of benzene rings is 1. The van der Waals surface area contributed by atoms with Crippen LogP contribution in [-0.4, -0.2) is 40.0 Å². The molecule has 1 fully saturated rings. The van der Waals surface area contributed by atoms with Crippen LogP contribution in [0.5, 0.6) is 0 Å². The van der Waals surface area contributed by atoms with Gasteiger partial charge in [0, 0.05) is 24.2 Å². The number of nitro groups is 1. The number of aliphatic hydroxyl groups is 1. The van der Waals surface area contributed by atoms with Gasteiger partial charge >= 0.3 is 0 Å². The first kappa shape index (κ1) is 13.8. The normalized spacial score (nSPS) is 16.4. The molecule has 0 unspecified atom stereocenters. The van der Waals surface area contributed by atoms with E-state index in [2.05, 4.69) is 0 Å². The van der Waals surface area contributed by atoms with E-state index in [0.29, 0.717) is 25.9 Å². The van der Waals surface area contributed by atoms with Crippen LogP contribution in [-0.2, 0) is 0 Å².